The summed E-state index contributed by atoms with van der Waals surface area (Å²) < 4.78 is 31.1. The number of nitrogens with zero attached hydrogens (tertiary/aromatic N) is 4. The molecule has 1 aromatic carbocycles. The monoisotopic (exact) mass is 401 g/mol. The van der Waals surface area contributed by atoms with Gasteiger partial charge >= 0.3 is 10.2 Å². The Hall–Kier alpha value is -3.27. The van der Waals surface area contributed by atoms with Crippen LogP contribution in [-0.4, -0.2) is 47.0 Å². The van der Waals surface area contributed by atoms with Crippen LogP contribution < -0.4 is 5.32 Å². The molecule has 0 saturated heterocycles. The van der Waals surface area contributed by atoms with E-state index in [9.17, 15) is 18.0 Å². The summed E-state index contributed by atoms with van der Waals surface area (Å²) in [6, 6.07) is 6.40. The number of anilines is 1. The van der Waals surface area contributed by atoms with E-state index in [1.54, 1.807) is 36.9 Å². The molecular formula is C18H19N5O4S. The van der Waals surface area contributed by atoms with Gasteiger partial charge in [0.15, 0.2) is 5.78 Å². The number of hydrogen-bond donors (Lipinski definition) is 1. The number of hydrogen-bond acceptors (Lipinski definition) is 5. The number of rotatable bonds is 4. The molecule has 146 valence electrons. The van der Waals surface area contributed by atoms with Gasteiger partial charge < -0.3 is 5.32 Å². The number of carbonyl (C=O) groups excluding carboxylic acids is 2. The molecule has 0 unspecified atom stereocenters. The maximum atomic E-state index is 12.8. The van der Waals surface area contributed by atoms with Gasteiger partial charge in [0.25, 0.3) is 5.91 Å². The molecule has 0 spiro atoms. The number of ketones is 1. The van der Waals surface area contributed by atoms with Crippen LogP contribution in [0.25, 0.3) is 0 Å². The third kappa shape index (κ3) is 3.58. The van der Waals surface area contributed by atoms with Crippen LogP contribution in [0.2, 0.25) is 0 Å². The number of benzene rings is 1. The molecule has 1 aliphatic heterocycles. The zero-order valence-corrected chi connectivity index (χ0v) is 16.6. The van der Waals surface area contributed by atoms with Crippen molar-refractivity contribution in [3.8, 4) is 0 Å². The van der Waals surface area contributed by atoms with Crippen LogP contribution >= 0.6 is 0 Å². The summed E-state index contributed by atoms with van der Waals surface area (Å²) in [6.45, 7) is 3.19. The van der Waals surface area contributed by atoms with E-state index >= 15 is 0 Å². The molecule has 1 aromatic heterocycles. The minimum absolute atomic E-state index is 0.0959. The first-order chi connectivity index (χ1) is 13.1. The molecule has 0 saturated carbocycles. The fourth-order valence-corrected chi connectivity index (χ4v) is 3.56. The molecule has 1 aliphatic rings. The maximum Gasteiger partial charge on any atom is 0.345 e. The van der Waals surface area contributed by atoms with Gasteiger partial charge in [-0.05, 0) is 32.1 Å². The summed E-state index contributed by atoms with van der Waals surface area (Å²) in [5.74, 6) is -0.783. The molecule has 2 aromatic rings. The summed E-state index contributed by atoms with van der Waals surface area (Å²) in [4.78, 5) is 24.3. The van der Waals surface area contributed by atoms with Crippen LogP contribution in [-0.2, 0) is 22.1 Å². The highest BCUT2D eigenvalue weighted by atomic mass is 32.2. The molecule has 1 N–H and O–H groups in total. The van der Waals surface area contributed by atoms with Crippen LogP contribution in [0.5, 0.6) is 0 Å². The van der Waals surface area contributed by atoms with E-state index in [2.05, 4.69) is 14.8 Å². The summed E-state index contributed by atoms with van der Waals surface area (Å²) in [5.41, 5.74) is 2.08. The average molecular weight is 401 g/mol. The highest BCUT2D eigenvalue weighted by Gasteiger charge is 2.31. The van der Waals surface area contributed by atoms with E-state index in [1.165, 1.54) is 32.3 Å². The molecule has 0 radical (unpaired) electrons. The Kier molecular flexibility index (Phi) is 4.90. The molecule has 2 heterocycles. The van der Waals surface area contributed by atoms with E-state index in [0.717, 1.165) is 4.31 Å². The van der Waals surface area contributed by atoms with Crippen LogP contribution in [0.1, 0.15) is 28.5 Å². The van der Waals surface area contributed by atoms with Gasteiger partial charge in [0.1, 0.15) is 5.70 Å². The second-order valence-electron chi connectivity index (χ2n) is 6.31. The highest BCUT2D eigenvalue weighted by molar-refractivity contribution is 7.88. The van der Waals surface area contributed by atoms with E-state index in [4.69, 9.17) is 0 Å². The predicted molar refractivity (Wildman–Crippen MR) is 104 cm³/mol. The molecule has 10 heteroatoms. The Morgan fingerprint density at radius 2 is 1.89 bits per heavy atom. The van der Waals surface area contributed by atoms with E-state index in [1.807, 2.05) is 0 Å². The number of likely N-dealkylation sites (N-methyl/N-ethyl adjacent to an activating group) is 1. The summed E-state index contributed by atoms with van der Waals surface area (Å²) in [6.07, 6.45) is 2.90. The van der Waals surface area contributed by atoms with Crippen molar-refractivity contribution in [1.82, 2.24) is 14.1 Å². The molecule has 0 bridgehead atoms. The summed E-state index contributed by atoms with van der Waals surface area (Å²) in [5, 5.41) is 6.71. The Morgan fingerprint density at radius 1 is 1.18 bits per heavy atom. The zero-order valence-electron chi connectivity index (χ0n) is 15.8. The second-order valence-corrected chi connectivity index (χ2v) is 7.94. The van der Waals surface area contributed by atoms with Crippen LogP contribution in [0.15, 0.2) is 46.6 Å². The standard InChI is InChI=1S/C18H19N5O4S/c1-11-15(10-19-22(11)3)16-9-17(23(4)28(26,27)21-16)18(25)20-14-7-5-6-13(8-14)12(2)24/h5-10H,1-4H3,(H,20,25). The van der Waals surface area contributed by atoms with Crippen molar-refractivity contribution in [1.29, 1.82) is 0 Å². The lowest BCUT2D eigenvalue weighted by molar-refractivity contribution is -0.113. The quantitative estimate of drug-likeness (QED) is 0.779. The molecule has 1 amide bonds. The molecular weight excluding hydrogens is 382 g/mol. The van der Waals surface area contributed by atoms with E-state index in [-0.39, 0.29) is 17.2 Å². The first kappa shape index (κ1) is 19.5. The van der Waals surface area contributed by atoms with Crippen LogP contribution in [0.3, 0.4) is 0 Å². The lowest BCUT2D eigenvalue weighted by Crippen LogP contribution is -2.35. The summed E-state index contributed by atoms with van der Waals surface area (Å²) in [7, 11) is -1.10. The first-order valence-electron chi connectivity index (χ1n) is 8.32. The average Bonchev–Trinajstić information content (AvgIpc) is 2.96. The smallest absolute Gasteiger partial charge is 0.321 e. The number of nitrogens with one attached hydrogen (secondary N) is 1. The molecule has 0 fully saturated rings. The molecule has 0 atom stereocenters. The SMILES string of the molecule is CC(=O)c1cccc(NC(=O)C2=CC(c3cnn(C)c3C)=NS(=O)(=O)N2C)c1. The molecule has 3 rings (SSSR count). The Balaban J connectivity index is 1.98. The van der Waals surface area contributed by atoms with Gasteiger partial charge in [-0.15, -0.1) is 4.40 Å². The number of carbonyl (C=O) groups is 2. The van der Waals surface area contributed by atoms with Crippen LogP contribution in [0, 0.1) is 6.92 Å². The minimum Gasteiger partial charge on any atom is -0.321 e. The number of aryl methyl sites for hydroxylation is 1. The topological polar surface area (TPSA) is 114 Å². The lowest BCUT2D eigenvalue weighted by atomic mass is 10.1. The Morgan fingerprint density at radius 3 is 2.50 bits per heavy atom. The number of amides is 1. The maximum absolute atomic E-state index is 12.8. The fourth-order valence-electron chi connectivity index (χ4n) is 2.65. The van der Waals surface area contributed by atoms with Gasteiger partial charge in [0.2, 0.25) is 0 Å². The van der Waals surface area contributed by atoms with Crippen molar-refractivity contribution in [2.75, 3.05) is 12.4 Å². The third-order valence-electron chi connectivity index (χ3n) is 4.44. The Bertz CT molecular complexity index is 1140. The van der Waals surface area contributed by atoms with Crippen molar-refractivity contribution >= 4 is 33.3 Å². The van der Waals surface area contributed by atoms with Gasteiger partial charge in [-0.2, -0.15) is 13.5 Å². The van der Waals surface area contributed by atoms with Gasteiger partial charge in [0, 0.05) is 36.6 Å². The zero-order chi connectivity index (χ0) is 20.6. The van der Waals surface area contributed by atoms with E-state index < -0.39 is 16.1 Å². The molecule has 9 nitrogen and oxygen atoms in total. The number of aromatic nitrogens is 2. The fraction of sp³-hybridized carbons (Fsp3) is 0.222. The van der Waals surface area contributed by atoms with Gasteiger partial charge in [-0.1, -0.05) is 12.1 Å². The minimum atomic E-state index is -4.07. The van der Waals surface area contributed by atoms with Gasteiger partial charge in [0.05, 0.1) is 11.9 Å². The van der Waals surface area contributed by atoms with Crippen molar-refractivity contribution in [3.05, 3.63) is 59.1 Å². The van der Waals surface area contributed by atoms with Crippen molar-refractivity contribution in [2.45, 2.75) is 13.8 Å². The molecule has 0 aliphatic carbocycles. The number of Topliss-reactive ketones (excluding diaryl/α,β-unsaturated/α-hetero) is 1. The lowest BCUT2D eigenvalue weighted by Gasteiger charge is -2.23. The normalized spacial score (nSPS) is 15.6. The van der Waals surface area contributed by atoms with Crippen LogP contribution in [0.4, 0.5) is 5.69 Å². The largest absolute Gasteiger partial charge is 0.345 e. The van der Waals surface area contributed by atoms with Crippen molar-refractivity contribution in [2.24, 2.45) is 11.4 Å². The van der Waals surface area contributed by atoms with Gasteiger partial charge in [-0.3, -0.25) is 14.3 Å². The van der Waals surface area contributed by atoms with Crippen molar-refractivity contribution < 1.29 is 18.0 Å². The summed E-state index contributed by atoms with van der Waals surface area (Å²) >= 11 is 0. The van der Waals surface area contributed by atoms with Crippen molar-refractivity contribution in [3.63, 3.8) is 0 Å². The van der Waals surface area contributed by atoms with E-state index in [0.29, 0.717) is 22.5 Å². The Labute approximate surface area is 162 Å². The molecule has 28 heavy (non-hydrogen) atoms. The third-order valence-corrected chi connectivity index (χ3v) is 5.76. The predicted octanol–water partition coefficient (Wildman–Crippen LogP) is 1.43. The highest BCUT2D eigenvalue weighted by Crippen LogP contribution is 2.22. The second kappa shape index (κ2) is 7.04. The number of allylic oxidation sites excluding steroid dienone is 1. The first-order valence-corrected chi connectivity index (χ1v) is 9.71. The van der Waals surface area contributed by atoms with Gasteiger partial charge in [-0.25, -0.2) is 4.31 Å².